The molecule has 0 saturated carbocycles. The van der Waals surface area contributed by atoms with Gasteiger partial charge in [0.15, 0.2) is 0 Å². The van der Waals surface area contributed by atoms with Gasteiger partial charge in [-0.3, -0.25) is 0 Å². The molecule has 0 heterocycles. The molecule has 96 valence electrons. The van der Waals surface area contributed by atoms with Crippen LogP contribution in [0, 0.1) is 0 Å². The second-order valence-corrected chi connectivity index (χ2v) is 4.23. The Morgan fingerprint density at radius 2 is 1.76 bits per heavy atom. The fraction of sp³-hybridized carbons (Fsp3) is 0.455. The minimum absolute atomic E-state index is 0.0194. The topological polar surface area (TPSA) is 49.7 Å². The molecule has 2 unspecified atom stereocenters. The molecule has 0 radical (unpaired) electrons. The zero-order valence-corrected chi connectivity index (χ0v) is 10.5. The van der Waals surface area contributed by atoms with Gasteiger partial charge >= 0.3 is 6.61 Å². The molecule has 1 rings (SSSR count). The number of aliphatic hydroxyl groups is 2. The molecular formula is C11H13BrF2O3. The van der Waals surface area contributed by atoms with Crippen LogP contribution in [0.25, 0.3) is 0 Å². The lowest BCUT2D eigenvalue weighted by molar-refractivity contribution is -0.0499. The van der Waals surface area contributed by atoms with Crippen LogP contribution in [0.4, 0.5) is 8.78 Å². The van der Waals surface area contributed by atoms with Crippen molar-refractivity contribution >= 4 is 15.9 Å². The molecule has 0 amide bonds. The third kappa shape index (κ3) is 4.57. The van der Waals surface area contributed by atoms with Crippen LogP contribution in [0.5, 0.6) is 5.75 Å². The molecule has 1 aromatic rings. The van der Waals surface area contributed by atoms with E-state index in [1.54, 1.807) is 0 Å². The van der Waals surface area contributed by atoms with Gasteiger partial charge in [-0.25, -0.2) is 0 Å². The number of halogens is 3. The Bertz CT molecular complexity index is 332. The van der Waals surface area contributed by atoms with Crippen LogP contribution in [0.2, 0.25) is 0 Å². The lowest BCUT2D eigenvalue weighted by atomic mass is 10.0. The van der Waals surface area contributed by atoms with E-state index in [2.05, 4.69) is 20.7 Å². The van der Waals surface area contributed by atoms with Crippen molar-refractivity contribution in [1.29, 1.82) is 0 Å². The van der Waals surface area contributed by atoms with Crippen molar-refractivity contribution in [2.24, 2.45) is 0 Å². The normalized spacial score (nSPS) is 14.7. The van der Waals surface area contributed by atoms with Crippen LogP contribution in [-0.2, 0) is 0 Å². The van der Waals surface area contributed by atoms with Crippen LogP contribution in [-0.4, -0.2) is 28.3 Å². The van der Waals surface area contributed by atoms with Gasteiger partial charge in [0.25, 0.3) is 0 Å². The second-order valence-electron chi connectivity index (χ2n) is 3.44. The van der Waals surface area contributed by atoms with Crippen molar-refractivity contribution in [3.63, 3.8) is 0 Å². The molecule has 3 nitrogen and oxygen atoms in total. The predicted molar refractivity (Wildman–Crippen MR) is 62.5 cm³/mol. The summed E-state index contributed by atoms with van der Waals surface area (Å²) >= 11 is 3.16. The number of rotatable bonds is 6. The van der Waals surface area contributed by atoms with Crippen LogP contribution in [0.15, 0.2) is 24.3 Å². The number of hydrogen-bond acceptors (Lipinski definition) is 3. The minimum Gasteiger partial charge on any atom is -0.435 e. The van der Waals surface area contributed by atoms with Gasteiger partial charge in [-0.15, -0.1) is 0 Å². The number of aliphatic hydroxyl groups excluding tert-OH is 2. The summed E-state index contributed by atoms with van der Waals surface area (Å²) in [7, 11) is 0. The van der Waals surface area contributed by atoms with E-state index in [0.29, 0.717) is 17.3 Å². The van der Waals surface area contributed by atoms with E-state index in [0.717, 1.165) is 0 Å². The van der Waals surface area contributed by atoms with Gasteiger partial charge in [-0.2, -0.15) is 8.78 Å². The molecule has 1 aromatic carbocycles. The Hall–Kier alpha value is -0.720. The highest BCUT2D eigenvalue weighted by atomic mass is 79.9. The maximum absolute atomic E-state index is 11.9. The van der Waals surface area contributed by atoms with E-state index in [9.17, 15) is 19.0 Å². The molecule has 0 aliphatic rings. The molecule has 17 heavy (non-hydrogen) atoms. The van der Waals surface area contributed by atoms with E-state index < -0.39 is 18.8 Å². The van der Waals surface area contributed by atoms with Crippen molar-refractivity contribution in [1.82, 2.24) is 0 Å². The summed E-state index contributed by atoms with van der Waals surface area (Å²) in [5.41, 5.74) is 0.458. The van der Waals surface area contributed by atoms with Crippen LogP contribution < -0.4 is 4.74 Å². The Balaban J connectivity index is 2.66. The van der Waals surface area contributed by atoms with Crippen LogP contribution >= 0.6 is 15.9 Å². The van der Waals surface area contributed by atoms with E-state index in [4.69, 9.17) is 0 Å². The van der Waals surface area contributed by atoms with Gasteiger partial charge < -0.3 is 14.9 Å². The number of ether oxygens (including phenoxy) is 1. The molecule has 0 aromatic heterocycles. The Kier molecular flexibility index (Phi) is 5.80. The molecule has 0 bridgehead atoms. The van der Waals surface area contributed by atoms with Gasteiger partial charge in [0, 0.05) is 5.33 Å². The third-order valence-electron chi connectivity index (χ3n) is 2.22. The number of benzene rings is 1. The van der Waals surface area contributed by atoms with E-state index in [1.807, 2.05) is 0 Å². The summed E-state index contributed by atoms with van der Waals surface area (Å²) in [4.78, 5) is 0. The molecule has 6 heteroatoms. The monoisotopic (exact) mass is 310 g/mol. The molecule has 0 aliphatic heterocycles. The first kappa shape index (κ1) is 14.3. The summed E-state index contributed by atoms with van der Waals surface area (Å²) < 4.78 is 28.0. The average molecular weight is 311 g/mol. The lowest BCUT2D eigenvalue weighted by Gasteiger charge is -2.17. The van der Waals surface area contributed by atoms with E-state index in [1.165, 1.54) is 24.3 Å². The zero-order chi connectivity index (χ0) is 12.8. The van der Waals surface area contributed by atoms with Crippen molar-refractivity contribution in [3.05, 3.63) is 29.8 Å². The van der Waals surface area contributed by atoms with E-state index in [-0.39, 0.29) is 5.75 Å². The highest BCUT2D eigenvalue weighted by molar-refractivity contribution is 9.09. The van der Waals surface area contributed by atoms with Gasteiger partial charge in [0.2, 0.25) is 0 Å². The summed E-state index contributed by atoms with van der Waals surface area (Å²) in [6.07, 6.45) is -1.53. The molecular weight excluding hydrogens is 298 g/mol. The van der Waals surface area contributed by atoms with Gasteiger partial charge in [0.05, 0.1) is 6.10 Å². The summed E-state index contributed by atoms with van der Waals surface area (Å²) in [5, 5.41) is 19.9. The predicted octanol–water partition coefficient (Wildman–Crippen LogP) is 2.47. The Morgan fingerprint density at radius 1 is 1.18 bits per heavy atom. The van der Waals surface area contributed by atoms with Crippen molar-refractivity contribution in [2.75, 3.05) is 5.33 Å². The molecule has 2 atom stereocenters. The summed E-state index contributed by atoms with van der Waals surface area (Å²) in [6.45, 7) is -2.87. The summed E-state index contributed by atoms with van der Waals surface area (Å²) in [6, 6.07) is 5.54. The molecule has 0 saturated heterocycles. The Labute approximate surface area is 106 Å². The van der Waals surface area contributed by atoms with Crippen molar-refractivity contribution < 1.29 is 23.7 Å². The summed E-state index contributed by atoms with van der Waals surface area (Å²) in [5.74, 6) is 0.0194. The standard InChI is InChI=1S/C11H13BrF2O3/c12-6-5-9(15)10(16)7-1-3-8(4-2-7)17-11(13)14/h1-4,9-11,15-16H,5-6H2. The Morgan fingerprint density at radius 3 is 2.24 bits per heavy atom. The van der Waals surface area contributed by atoms with Crippen LogP contribution in [0.3, 0.4) is 0 Å². The van der Waals surface area contributed by atoms with Gasteiger partial charge in [0.1, 0.15) is 11.9 Å². The zero-order valence-electron chi connectivity index (χ0n) is 8.89. The largest absolute Gasteiger partial charge is 0.435 e. The second kappa shape index (κ2) is 6.88. The molecule has 0 spiro atoms. The first-order chi connectivity index (χ1) is 8.04. The molecule has 2 N–H and O–H groups in total. The van der Waals surface area contributed by atoms with Gasteiger partial charge in [-0.1, -0.05) is 28.1 Å². The maximum Gasteiger partial charge on any atom is 0.387 e. The van der Waals surface area contributed by atoms with Crippen molar-refractivity contribution in [3.8, 4) is 5.75 Å². The SMILES string of the molecule is OC(CCBr)C(O)c1ccc(OC(F)F)cc1. The minimum atomic E-state index is -2.87. The van der Waals surface area contributed by atoms with Gasteiger partial charge in [-0.05, 0) is 24.1 Å². The smallest absolute Gasteiger partial charge is 0.387 e. The average Bonchev–Trinajstić information content (AvgIpc) is 2.28. The fourth-order valence-electron chi connectivity index (χ4n) is 1.34. The lowest BCUT2D eigenvalue weighted by Crippen LogP contribution is -2.18. The van der Waals surface area contributed by atoms with Crippen LogP contribution in [0.1, 0.15) is 18.1 Å². The first-order valence-electron chi connectivity index (χ1n) is 5.01. The highest BCUT2D eigenvalue weighted by Crippen LogP contribution is 2.22. The highest BCUT2D eigenvalue weighted by Gasteiger charge is 2.17. The third-order valence-corrected chi connectivity index (χ3v) is 2.67. The fourth-order valence-corrected chi connectivity index (χ4v) is 1.81. The molecule has 0 aliphatic carbocycles. The first-order valence-corrected chi connectivity index (χ1v) is 6.13. The van der Waals surface area contributed by atoms with Crippen molar-refractivity contribution in [2.45, 2.75) is 25.2 Å². The number of alkyl halides is 3. The number of hydrogen-bond donors (Lipinski definition) is 2. The quantitative estimate of drug-likeness (QED) is 0.794. The maximum atomic E-state index is 11.9. The van der Waals surface area contributed by atoms with E-state index >= 15 is 0 Å². The molecule has 0 fully saturated rings.